The summed E-state index contributed by atoms with van der Waals surface area (Å²) in [5, 5.41) is 17.6. The molecule has 1 aliphatic heterocycles. The normalized spacial score (nSPS) is 23.8. The summed E-state index contributed by atoms with van der Waals surface area (Å²) >= 11 is 0. The fourth-order valence-electron chi connectivity index (χ4n) is 4.84. The maximum atomic E-state index is 13.7. The Balaban J connectivity index is 0.00000103. The first-order valence-electron chi connectivity index (χ1n) is 11.0. The van der Waals surface area contributed by atoms with Crippen molar-refractivity contribution < 1.29 is 38.4 Å². The van der Waals surface area contributed by atoms with Crippen LogP contribution in [0.4, 0.5) is 4.39 Å². The number of halogens is 1. The van der Waals surface area contributed by atoms with Crippen molar-refractivity contribution in [3.8, 4) is 11.5 Å². The van der Waals surface area contributed by atoms with Gasteiger partial charge in [0.2, 0.25) is 0 Å². The van der Waals surface area contributed by atoms with E-state index in [0.717, 1.165) is 25.1 Å². The largest absolute Gasteiger partial charge is 0.496 e. The lowest BCUT2D eigenvalue weighted by Crippen LogP contribution is -2.42. The van der Waals surface area contributed by atoms with Crippen molar-refractivity contribution in [2.24, 2.45) is 11.8 Å². The van der Waals surface area contributed by atoms with E-state index in [1.807, 2.05) is 0 Å². The van der Waals surface area contributed by atoms with Gasteiger partial charge in [0.05, 0.1) is 25.9 Å². The Hall–Kier alpha value is -3.17. The molecule has 0 spiro atoms. The number of aliphatic hydroxyl groups is 1. The smallest absolute Gasteiger partial charge is 0.337 e. The molecule has 2 fully saturated rings. The highest BCUT2D eigenvalue weighted by Gasteiger charge is 2.42. The SMILES string of the molecule is COC(=O)c1cccc(O[C@@H]2C[C@@H]3CN(Cc4cc(F)ccc4OC)C[C@@H]3C[C@H]2O)c1.O=CO. The van der Waals surface area contributed by atoms with Crippen molar-refractivity contribution in [2.45, 2.75) is 31.6 Å². The summed E-state index contributed by atoms with van der Waals surface area (Å²) in [5.74, 6) is 1.29. The first kappa shape index (κ1) is 25.5. The fourth-order valence-corrected chi connectivity index (χ4v) is 4.84. The van der Waals surface area contributed by atoms with Crippen molar-refractivity contribution in [2.75, 3.05) is 27.3 Å². The van der Waals surface area contributed by atoms with E-state index in [1.54, 1.807) is 37.4 Å². The summed E-state index contributed by atoms with van der Waals surface area (Å²) in [6, 6.07) is 11.4. The van der Waals surface area contributed by atoms with Crippen LogP contribution < -0.4 is 9.47 Å². The quantitative estimate of drug-likeness (QED) is 0.485. The summed E-state index contributed by atoms with van der Waals surface area (Å²) in [5.41, 5.74) is 1.24. The number of benzene rings is 2. The molecule has 0 aromatic heterocycles. The Bertz CT molecular complexity index is 985. The summed E-state index contributed by atoms with van der Waals surface area (Å²) in [6.45, 7) is 2.07. The van der Waals surface area contributed by atoms with Crippen LogP contribution in [0.15, 0.2) is 42.5 Å². The van der Waals surface area contributed by atoms with Gasteiger partial charge in [-0.1, -0.05) is 6.07 Å². The number of esters is 1. The van der Waals surface area contributed by atoms with Crippen LogP contribution >= 0.6 is 0 Å². The van der Waals surface area contributed by atoms with Gasteiger partial charge in [0.25, 0.3) is 6.47 Å². The lowest BCUT2D eigenvalue weighted by molar-refractivity contribution is -0.122. The number of hydrogen-bond donors (Lipinski definition) is 2. The van der Waals surface area contributed by atoms with Gasteiger partial charge in [0.1, 0.15) is 23.4 Å². The highest BCUT2D eigenvalue weighted by atomic mass is 19.1. The van der Waals surface area contributed by atoms with E-state index < -0.39 is 12.1 Å². The number of fused-ring (bicyclic) bond motifs is 1. The monoisotopic (exact) mass is 475 g/mol. The van der Waals surface area contributed by atoms with E-state index in [2.05, 4.69) is 4.90 Å². The van der Waals surface area contributed by atoms with Crippen molar-refractivity contribution >= 4 is 12.4 Å². The summed E-state index contributed by atoms with van der Waals surface area (Å²) in [6.07, 6.45) is 0.470. The number of rotatable bonds is 6. The molecule has 4 atom stereocenters. The predicted octanol–water partition coefficient (Wildman–Crippen LogP) is 2.97. The molecule has 4 rings (SSSR count). The first-order chi connectivity index (χ1) is 16.4. The van der Waals surface area contributed by atoms with Crippen LogP contribution in [0.5, 0.6) is 11.5 Å². The molecular formula is C25H30FNO7. The van der Waals surface area contributed by atoms with Gasteiger partial charge in [-0.25, -0.2) is 9.18 Å². The summed E-state index contributed by atoms with van der Waals surface area (Å²) in [4.78, 5) is 22.4. The van der Waals surface area contributed by atoms with Gasteiger partial charge < -0.3 is 24.4 Å². The molecule has 0 unspecified atom stereocenters. The molecule has 1 heterocycles. The number of carbonyl (C=O) groups excluding carboxylic acids is 1. The van der Waals surface area contributed by atoms with Crippen LogP contribution in [0.3, 0.4) is 0 Å². The minimum absolute atomic E-state index is 0.250. The first-order valence-corrected chi connectivity index (χ1v) is 11.0. The third-order valence-electron chi connectivity index (χ3n) is 6.34. The molecule has 1 saturated carbocycles. The standard InChI is InChI=1S/C24H28FNO5.CH2O2/c1-29-22-7-6-19(25)8-18(22)14-26-12-16-10-21(27)23(11-17(16)13-26)31-20-5-3-4-15(9-20)24(28)30-2;2-1-3/h3-9,16-17,21,23,27H,10-14H2,1-2H3;1H,(H,2,3)/t16-,17+,21+,23+;/m0./s1. The van der Waals surface area contributed by atoms with Gasteiger partial charge in [-0.05, 0) is 61.1 Å². The van der Waals surface area contributed by atoms with Crippen molar-refractivity contribution in [3.05, 3.63) is 59.4 Å². The molecular weight excluding hydrogens is 445 g/mol. The second kappa shape index (κ2) is 11.8. The van der Waals surface area contributed by atoms with E-state index in [4.69, 9.17) is 24.1 Å². The lowest BCUT2D eigenvalue weighted by Gasteiger charge is -2.35. The van der Waals surface area contributed by atoms with Gasteiger partial charge in [-0.15, -0.1) is 0 Å². The molecule has 9 heteroatoms. The third-order valence-corrected chi connectivity index (χ3v) is 6.34. The number of hydrogen-bond acceptors (Lipinski definition) is 7. The lowest BCUT2D eigenvalue weighted by atomic mass is 9.78. The van der Waals surface area contributed by atoms with E-state index >= 15 is 0 Å². The third kappa shape index (κ3) is 6.24. The van der Waals surface area contributed by atoms with E-state index in [-0.39, 0.29) is 18.4 Å². The second-order valence-electron chi connectivity index (χ2n) is 8.49. The van der Waals surface area contributed by atoms with Gasteiger partial charge in [0, 0.05) is 25.2 Å². The Morgan fingerprint density at radius 3 is 2.53 bits per heavy atom. The minimum atomic E-state index is -0.577. The number of methoxy groups -OCH3 is 2. The van der Waals surface area contributed by atoms with Crippen LogP contribution in [0.2, 0.25) is 0 Å². The summed E-state index contributed by atoms with van der Waals surface area (Å²) in [7, 11) is 2.93. The van der Waals surface area contributed by atoms with Crippen LogP contribution in [0.25, 0.3) is 0 Å². The topological polar surface area (TPSA) is 106 Å². The number of aliphatic hydroxyl groups excluding tert-OH is 1. The number of carbonyl (C=O) groups is 2. The molecule has 8 nitrogen and oxygen atoms in total. The van der Waals surface area contributed by atoms with Crippen LogP contribution in [-0.4, -0.2) is 67.1 Å². The molecule has 2 aromatic carbocycles. The van der Waals surface area contributed by atoms with Crippen molar-refractivity contribution in [1.82, 2.24) is 4.90 Å². The fraction of sp³-hybridized carbons (Fsp3) is 0.440. The second-order valence-corrected chi connectivity index (χ2v) is 8.49. The Morgan fingerprint density at radius 1 is 1.15 bits per heavy atom. The van der Waals surface area contributed by atoms with E-state index in [0.29, 0.717) is 41.9 Å². The van der Waals surface area contributed by atoms with E-state index in [1.165, 1.54) is 19.2 Å². The Labute approximate surface area is 197 Å². The molecule has 2 aromatic rings. The maximum Gasteiger partial charge on any atom is 0.337 e. The highest BCUT2D eigenvalue weighted by molar-refractivity contribution is 5.89. The maximum absolute atomic E-state index is 13.7. The number of carboxylic acid groups (broad SMARTS) is 1. The molecule has 2 aliphatic rings. The molecule has 0 bridgehead atoms. The zero-order chi connectivity index (χ0) is 24.7. The molecule has 34 heavy (non-hydrogen) atoms. The Morgan fingerprint density at radius 2 is 1.85 bits per heavy atom. The average molecular weight is 476 g/mol. The van der Waals surface area contributed by atoms with E-state index in [9.17, 15) is 14.3 Å². The van der Waals surface area contributed by atoms with Gasteiger partial charge in [-0.2, -0.15) is 0 Å². The zero-order valence-electron chi connectivity index (χ0n) is 19.2. The highest BCUT2D eigenvalue weighted by Crippen LogP contribution is 2.39. The van der Waals surface area contributed by atoms with Crippen molar-refractivity contribution in [3.63, 3.8) is 0 Å². The van der Waals surface area contributed by atoms with Gasteiger partial charge in [0.15, 0.2) is 0 Å². The van der Waals surface area contributed by atoms with Crippen LogP contribution in [0.1, 0.15) is 28.8 Å². The molecule has 184 valence electrons. The minimum Gasteiger partial charge on any atom is -0.496 e. The number of ether oxygens (including phenoxy) is 3. The van der Waals surface area contributed by atoms with Crippen molar-refractivity contribution in [1.29, 1.82) is 0 Å². The van der Waals surface area contributed by atoms with Gasteiger partial charge >= 0.3 is 5.97 Å². The number of nitrogens with zero attached hydrogens (tertiary/aromatic N) is 1. The molecule has 0 amide bonds. The zero-order valence-corrected chi connectivity index (χ0v) is 19.2. The average Bonchev–Trinajstić information content (AvgIpc) is 3.20. The molecule has 1 aliphatic carbocycles. The summed E-state index contributed by atoms with van der Waals surface area (Å²) < 4.78 is 29.9. The molecule has 1 saturated heterocycles. The molecule has 2 N–H and O–H groups in total. The van der Waals surface area contributed by atoms with Crippen LogP contribution in [0, 0.1) is 17.7 Å². The predicted molar refractivity (Wildman–Crippen MR) is 121 cm³/mol. The van der Waals surface area contributed by atoms with Gasteiger partial charge in [-0.3, -0.25) is 9.69 Å². The Kier molecular flexibility index (Phi) is 8.84. The molecule has 0 radical (unpaired) electrons. The number of likely N-dealkylation sites (tertiary alicyclic amines) is 1. The van der Waals surface area contributed by atoms with Crippen LogP contribution in [-0.2, 0) is 16.1 Å².